The maximum absolute atomic E-state index is 9.46. The quantitative estimate of drug-likeness (QED) is 0.566. The van der Waals surface area contributed by atoms with Crippen molar-refractivity contribution in [2.45, 2.75) is 26.4 Å². The molecule has 2 heteroatoms. The highest BCUT2D eigenvalue weighted by molar-refractivity contribution is 4.85. The van der Waals surface area contributed by atoms with E-state index in [0.717, 1.165) is 6.42 Å². The fraction of sp³-hybridized carbons (Fsp3) is 1.00. The molecule has 4 atom stereocenters. The molecule has 2 N–H and O–H groups in total. The predicted molar refractivity (Wildman–Crippen MR) is 39.5 cm³/mol. The molecule has 2 nitrogen and oxygen atoms in total. The summed E-state index contributed by atoms with van der Waals surface area (Å²) < 4.78 is 0. The van der Waals surface area contributed by atoms with E-state index in [0.29, 0.717) is 11.8 Å². The Morgan fingerprint density at radius 3 is 2.20 bits per heavy atom. The van der Waals surface area contributed by atoms with Crippen LogP contribution in [0.25, 0.3) is 0 Å². The third-order valence-corrected chi connectivity index (χ3v) is 2.77. The molecule has 1 saturated carbocycles. The van der Waals surface area contributed by atoms with Crippen LogP contribution in [0, 0.1) is 17.8 Å². The number of rotatable bonds is 1. The Hall–Kier alpha value is -0.0800. The van der Waals surface area contributed by atoms with E-state index in [2.05, 4.69) is 0 Å². The van der Waals surface area contributed by atoms with Crippen LogP contribution in [-0.4, -0.2) is 22.9 Å². The number of hydrogen-bond donors (Lipinski definition) is 2. The first-order valence-corrected chi connectivity index (χ1v) is 3.95. The fourth-order valence-electron chi connectivity index (χ4n) is 1.87. The minimum absolute atomic E-state index is 0.197. The molecule has 1 fully saturated rings. The number of aliphatic hydroxyl groups is 2. The van der Waals surface area contributed by atoms with E-state index in [-0.39, 0.29) is 18.6 Å². The minimum Gasteiger partial charge on any atom is -0.396 e. The van der Waals surface area contributed by atoms with Gasteiger partial charge in [-0.05, 0) is 24.2 Å². The Bertz CT molecular complexity index is 114. The minimum atomic E-state index is -0.197. The highest BCUT2D eigenvalue weighted by Gasteiger charge is 2.36. The summed E-state index contributed by atoms with van der Waals surface area (Å²) in [6.07, 6.45) is 0.774. The van der Waals surface area contributed by atoms with E-state index in [1.165, 1.54) is 0 Å². The smallest absolute Gasteiger partial charge is 0.0594 e. The molecule has 0 aromatic carbocycles. The van der Waals surface area contributed by atoms with Gasteiger partial charge in [0.1, 0.15) is 0 Å². The van der Waals surface area contributed by atoms with Gasteiger partial charge in [-0.1, -0.05) is 13.8 Å². The van der Waals surface area contributed by atoms with Gasteiger partial charge in [0.25, 0.3) is 0 Å². The first-order valence-electron chi connectivity index (χ1n) is 3.95. The van der Waals surface area contributed by atoms with Crippen LogP contribution < -0.4 is 0 Å². The molecule has 0 aromatic heterocycles. The second-order valence-electron chi connectivity index (χ2n) is 3.51. The fourth-order valence-corrected chi connectivity index (χ4v) is 1.87. The molecule has 0 saturated heterocycles. The maximum Gasteiger partial charge on any atom is 0.0594 e. The summed E-state index contributed by atoms with van der Waals surface area (Å²) in [7, 11) is 0. The molecule has 0 spiro atoms. The molecule has 1 aliphatic carbocycles. The lowest BCUT2D eigenvalue weighted by atomic mass is 9.98. The van der Waals surface area contributed by atoms with Crippen LogP contribution in [0.15, 0.2) is 0 Å². The van der Waals surface area contributed by atoms with E-state index in [1.807, 2.05) is 13.8 Å². The summed E-state index contributed by atoms with van der Waals surface area (Å²) >= 11 is 0. The second kappa shape index (κ2) is 2.89. The van der Waals surface area contributed by atoms with Crippen LogP contribution in [0.2, 0.25) is 0 Å². The lowest BCUT2D eigenvalue weighted by molar-refractivity contribution is 0.0875. The zero-order chi connectivity index (χ0) is 7.72. The number of aliphatic hydroxyl groups excluding tert-OH is 2. The van der Waals surface area contributed by atoms with Crippen molar-refractivity contribution in [2.24, 2.45) is 17.8 Å². The Kier molecular flexibility index (Phi) is 2.32. The monoisotopic (exact) mass is 144 g/mol. The molecule has 0 aromatic rings. The molecule has 0 bridgehead atoms. The van der Waals surface area contributed by atoms with Gasteiger partial charge < -0.3 is 10.2 Å². The van der Waals surface area contributed by atoms with Gasteiger partial charge in [0, 0.05) is 6.61 Å². The molecule has 1 rings (SSSR count). The first-order chi connectivity index (χ1) is 4.66. The van der Waals surface area contributed by atoms with Crippen molar-refractivity contribution in [1.29, 1.82) is 0 Å². The predicted octanol–water partition coefficient (Wildman–Crippen LogP) is 0.632. The van der Waals surface area contributed by atoms with E-state index >= 15 is 0 Å². The summed E-state index contributed by atoms with van der Waals surface area (Å²) in [5.41, 5.74) is 0. The zero-order valence-electron chi connectivity index (χ0n) is 6.62. The molecule has 0 radical (unpaired) electrons. The molecule has 0 heterocycles. The first kappa shape index (κ1) is 8.02. The molecular formula is C8H16O2. The molecule has 1 aliphatic rings. The normalized spacial score (nSPS) is 48.0. The Morgan fingerprint density at radius 1 is 1.40 bits per heavy atom. The third-order valence-electron chi connectivity index (χ3n) is 2.77. The Labute approximate surface area is 61.9 Å². The molecule has 10 heavy (non-hydrogen) atoms. The van der Waals surface area contributed by atoms with Crippen LogP contribution in [0.5, 0.6) is 0 Å². The summed E-state index contributed by atoms with van der Waals surface area (Å²) in [6, 6.07) is 0. The third kappa shape index (κ3) is 1.18. The molecule has 2 unspecified atom stereocenters. The van der Waals surface area contributed by atoms with Gasteiger partial charge in [-0.3, -0.25) is 0 Å². The average Bonchev–Trinajstić information content (AvgIpc) is 2.17. The standard InChI is InChI=1S/C8H16O2/c1-5-3-7(4-9)6(2)8(5)10/h5-10H,3-4H2,1-2H3/t5-,6?,7-,8?/m1/s1. The average molecular weight is 144 g/mol. The van der Waals surface area contributed by atoms with E-state index in [9.17, 15) is 5.11 Å². The van der Waals surface area contributed by atoms with Crippen LogP contribution in [0.4, 0.5) is 0 Å². The Balaban J connectivity index is 2.53. The van der Waals surface area contributed by atoms with Gasteiger partial charge in [-0.15, -0.1) is 0 Å². The zero-order valence-corrected chi connectivity index (χ0v) is 6.62. The van der Waals surface area contributed by atoms with Crippen LogP contribution in [-0.2, 0) is 0 Å². The van der Waals surface area contributed by atoms with Gasteiger partial charge in [-0.25, -0.2) is 0 Å². The highest BCUT2D eigenvalue weighted by Crippen LogP contribution is 2.35. The number of hydrogen-bond acceptors (Lipinski definition) is 2. The van der Waals surface area contributed by atoms with Crippen molar-refractivity contribution in [3.8, 4) is 0 Å². The largest absolute Gasteiger partial charge is 0.396 e. The summed E-state index contributed by atoms with van der Waals surface area (Å²) in [6.45, 7) is 4.27. The van der Waals surface area contributed by atoms with Crippen molar-refractivity contribution in [3.63, 3.8) is 0 Å². The Morgan fingerprint density at radius 2 is 2.00 bits per heavy atom. The summed E-state index contributed by atoms with van der Waals surface area (Å²) in [4.78, 5) is 0. The lowest BCUT2D eigenvalue weighted by Gasteiger charge is -2.14. The molecular weight excluding hydrogens is 128 g/mol. The van der Waals surface area contributed by atoms with Crippen LogP contribution in [0.3, 0.4) is 0 Å². The van der Waals surface area contributed by atoms with E-state index < -0.39 is 0 Å². The van der Waals surface area contributed by atoms with E-state index in [4.69, 9.17) is 5.11 Å². The van der Waals surface area contributed by atoms with Crippen LogP contribution >= 0.6 is 0 Å². The summed E-state index contributed by atoms with van der Waals surface area (Å²) in [5.74, 6) is 0.970. The molecule has 60 valence electrons. The van der Waals surface area contributed by atoms with Crippen molar-refractivity contribution in [1.82, 2.24) is 0 Å². The molecule has 0 aliphatic heterocycles. The maximum atomic E-state index is 9.46. The topological polar surface area (TPSA) is 40.5 Å². The molecule has 0 amide bonds. The van der Waals surface area contributed by atoms with Crippen molar-refractivity contribution < 1.29 is 10.2 Å². The van der Waals surface area contributed by atoms with Gasteiger partial charge >= 0.3 is 0 Å². The SMILES string of the molecule is CC1C(O)[C@H](C)C[C@@H]1CO. The van der Waals surface area contributed by atoms with Gasteiger partial charge in [0.2, 0.25) is 0 Å². The van der Waals surface area contributed by atoms with Crippen molar-refractivity contribution >= 4 is 0 Å². The lowest BCUT2D eigenvalue weighted by Crippen LogP contribution is -2.20. The highest BCUT2D eigenvalue weighted by atomic mass is 16.3. The van der Waals surface area contributed by atoms with Crippen molar-refractivity contribution in [2.75, 3.05) is 6.61 Å². The van der Waals surface area contributed by atoms with E-state index in [1.54, 1.807) is 0 Å². The van der Waals surface area contributed by atoms with Gasteiger partial charge in [0.05, 0.1) is 6.10 Å². The van der Waals surface area contributed by atoms with Gasteiger partial charge in [-0.2, -0.15) is 0 Å². The van der Waals surface area contributed by atoms with Gasteiger partial charge in [0.15, 0.2) is 0 Å². The second-order valence-corrected chi connectivity index (χ2v) is 3.51. The van der Waals surface area contributed by atoms with Crippen molar-refractivity contribution in [3.05, 3.63) is 0 Å². The van der Waals surface area contributed by atoms with Crippen LogP contribution in [0.1, 0.15) is 20.3 Å². The summed E-state index contributed by atoms with van der Waals surface area (Å²) in [5, 5.41) is 18.3.